The van der Waals surface area contributed by atoms with Crippen LogP contribution in [0.15, 0.2) is 46.9 Å². The Bertz CT molecular complexity index is 999. The molecule has 0 atom stereocenters. The molecule has 1 aromatic carbocycles. The Hall–Kier alpha value is -2.72. The van der Waals surface area contributed by atoms with Crippen molar-refractivity contribution in [2.75, 3.05) is 11.1 Å². The van der Waals surface area contributed by atoms with Gasteiger partial charge in [0.2, 0.25) is 5.91 Å². The first kappa shape index (κ1) is 18.6. The highest BCUT2D eigenvalue weighted by atomic mass is 32.2. The van der Waals surface area contributed by atoms with Gasteiger partial charge >= 0.3 is 0 Å². The van der Waals surface area contributed by atoms with E-state index in [9.17, 15) is 14.9 Å². The van der Waals surface area contributed by atoms with Crippen LogP contribution in [0, 0.1) is 10.1 Å². The van der Waals surface area contributed by atoms with Gasteiger partial charge < -0.3 is 9.88 Å². The second-order valence-corrected chi connectivity index (χ2v) is 8.38. The van der Waals surface area contributed by atoms with Gasteiger partial charge in [0.15, 0.2) is 5.16 Å². The zero-order chi connectivity index (χ0) is 19.5. The fourth-order valence-corrected chi connectivity index (χ4v) is 4.35. The molecule has 4 rings (SSSR count). The van der Waals surface area contributed by atoms with Crippen molar-refractivity contribution in [3.8, 4) is 0 Å². The summed E-state index contributed by atoms with van der Waals surface area (Å²) in [5, 5.41) is 24.9. The fraction of sp³-hybridized carbons (Fsp3) is 0.278. The number of anilines is 1. The van der Waals surface area contributed by atoms with Crippen LogP contribution in [-0.4, -0.2) is 31.3 Å². The van der Waals surface area contributed by atoms with Gasteiger partial charge in [0.25, 0.3) is 5.69 Å². The first-order valence-corrected chi connectivity index (χ1v) is 10.6. The number of carbonyl (C=O) groups excluding carboxylic acids is 1. The zero-order valence-corrected chi connectivity index (χ0v) is 16.4. The topological polar surface area (TPSA) is 103 Å². The number of thiophene rings is 1. The van der Waals surface area contributed by atoms with Crippen LogP contribution >= 0.6 is 23.1 Å². The van der Waals surface area contributed by atoms with Crippen LogP contribution < -0.4 is 5.32 Å². The molecule has 0 aliphatic heterocycles. The van der Waals surface area contributed by atoms with Gasteiger partial charge in [-0.2, -0.15) is 0 Å². The van der Waals surface area contributed by atoms with Gasteiger partial charge in [-0.3, -0.25) is 14.9 Å². The van der Waals surface area contributed by atoms with Crippen molar-refractivity contribution in [3.63, 3.8) is 0 Å². The van der Waals surface area contributed by atoms with E-state index in [-0.39, 0.29) is 17.3 Å². The van der Waals surface area contributed by atoms with Crippen LogP contribution in [0.4, 0.5) is 11.4 Å². The van der Waals surface area contributed by atoms with Crippen molar-refractivity contribution >= 4 is 40.4 Å². The molecule has 1 aliphatic rings. The number of benzene rings is 1. The SMILES string of the molecule is O=C(CSc1nnc(Cc2cccs2)n1C1CC1)Nc1cccc([N+](=O)[O-])c1. The van der Waals surface area contributed by atoms with Gasteiger partial charge in [0.1, 0.15) is 5.82 Å². The van der Waals surface area contributed by atoms with Crippen LogP contribution in [0.25, 0.3) is 0 Å². The minimum absolute atomic E-state index is 0.0582. The summed E-state index contributed by atoms with van der Waals surface area (Å²) in [6.07, 6.45) is 2.94. The maximum absolute atomic E-state index is 12.3. The Morgan fingerprint density at radius 3 is 2.89 bits per heavy atom. The Morgan fingerprint density at radius 2 is 2.18 bits per heavy atom. The summed E-state index contributed by atoms with van der Waals surface area (Å²) in [7, 11) is 0. The number of amides is 1. The monoisotopic (exact) mass is 415 g/mol. The molecule has 1 saturated carbocycles. The minimum atomic E-state index is -0.488. The molecule has 2 heterocycles. The molecule has 1 amide bonds. The molecule has 8 nitrogen and oxygen atoms in total. The van der Waals surface area contributed by atoms with Crippen LogP contribution in [0.1, 0.15) is 29.6 Å². The number of nitrogens with zero attached hydrogens (tertiary/aromatic N) is 4. The predicted octanol–water partition coefficient (Wildman–Crippen LogP) is 3.90. The predicted molar refractivity (Wildman–Crippen MR) is 108 cm³/mol. The molecule has 0 spiro atoms. The standard InChI is InChI=1S/C18H17N5O3S2/c24-17(19-12-3-1-4-14(9-12)23(25)26)11-28-18-21-20-16(22(18)13-6-7-13)10-15-5-2-8-27-15/h1-5,8-9,13H,6-7,10-11H2,(H,19,24). The van der Waals surface area contributed by atoms with E-state index >= 15 is 0 Å². The van der Waals surface area contributed by atoms with Crippen LogP contribution in [0.5, 0.6) is 0 Å². The highest BCUT2D eigenvalue weighted by molar-refractivity contribution is 7.99. The molecule has 1 aliphatic carbocycles. The number of thioether (sulfide) groups is 1. The number of aromatic nitrogens is 3. The second-order valence-electron chi connectivity index (χ2n) is 6.40. The summed E-state index contributed by atoms with van der Waals surface area (Å²) in [5.41, 5.74) is 0.346. The zero-order valence-electron chi connectivity index (χ0n) is 14.8. The molecule has 1 fully saturated rings. The maximum Gasteiger partial charge on any atom is 0.271 e. The smallest absolute Gasteiger partial charge is 0.271 e. The summed E-state index contributed by atoms with van der Waals surface area (Å²) in [5.74, 6) is 0.842. The van der Waals surface area contributed by atoms with E-state index in [4.69, 9.17) is 0 Å². The van der Waals surface area contributed by atoms with Gasteiger partial charge in [0, 0.05) is 35.2 Å². The highest BCUT2D eigenvalue weighted by Gasteiger charge is 2.30. The Morgan fingerprint density at radius 1 is 1.32 bits per heavy atom. The van der Waals surface area contributed by atoms with Gasteiger partial charge in [-0.1, -0.05) is 23.9 Å². The van der Waals surface area contributed by atoms with E-state index in [0.717, 1.165) is 30.2 Å². The maximum atomic E-state index is 12.3. The summed E-state index contributed by atoms with van der Waals surface area (Å²) < 4.78 is 2.14. The molecule has 0 unspecified atom stereocenters. The van der Waals surface area contributed by atoms with Crippen molar-refractivity contribution < 1.29 is 9.72 Å². The Balaban J connectivity index is 1.40. The quantitative estimate of drug-likeness (QED) is 0.340. The number of nitro groups is 1. The number of nitrogens with one attached hydrogen (secondary N) is 1. The number of hydrogen-bond acceptors (Lipinski definition) is 7. The molecule has 0 bridgehead atoms. The first-order chi connectivity index (χ1) is 13.6. The van der Waals surface area contributed by atoms with Crippen molar-refractivity contribution in [1.29, 1.82) is 0 Å². The molecular formula is C18H17N5O3S2. The fourth-order valence-electron chi connectivity index (χ4n) is 2.82. The molecule has 1 N–H and O–H groups in total. The van der Waals surface area contributed by atoms with Crippen molar-refractivity contribution in [2.24, 2.45) is 0 Å². The number of non-ortho nitro benzene ring substituents is 1. The summed E-state index contributed by atoms with van der Waals surface area (Å²) in [6.45, 7) is 0. The molecular weight excluding hydrogens is 398 g/mol. The second kappa shape index (κ2) is 8.11. The third-order valence-corrected chi connectivity index (χ3v) is 6.05. The number of nitro benzene ring substituents is 1. The van der Waals surface area contributed by atoms with Gasteiger partial charge in [-0.15, -0.1) is 21.5 Å². The van der Waals surface area contributed by atoms with E-state index in [1.54, 1.807) is 23.5 Å². The average molecular weight is 416 g/mol. The van der Waals surface area contributed by atoms with E-state index in [1.807, 2.05) is 11.4 Å². The number of hydrogen-bond donors (Lipinski definition) is 1. The van der Waals surface area contributed by atoms with Gasteiger partial charge in [0.05, 0.1) is 10.7 Å². The summed E-state index contributed by atoms with van der Waals surface area (Å²) >= 11 is 3.02. The first-order valence-electron chi connectivity index (χ1n) is 8.73. The Kier molecular flexibility index (Phi) is 5.40. The lowest BCUT2D eigenvalue weighted by Crippen LogP contribution is -2.15. The lowest BCUT2D eigenvalue weighted by atomic mass is 10.3. The van der Waals surface area contributed by atoms with Crippen LogP contribution in [0.3, 0.4) is 0 Å². The normalized spacial score (nSPS) is 13.4. The lowest BCUT2D eigenvalue weighted by Gasteiger charge is -2.08. The molecule has 28 heavy (non-hydrogen) atoms. The third-order valence-electron chi connectivity index (χ3n) is 4.23. The van der Waals surface area contributed by atoms with Gasteiger partial charge in [-0.05, 0) is 30.4 Å². The van der Waals surface area contributed by atoms with Crippen LogP contribution in [0.2, 0.25) is 0 Å². The van der Waals surface area contributed by atoms with E-state index in [1.165, 1.54) is 28.8 Å². The highest BCUT2D eigenvalue weighted by Crippen LogP contribution is 2.39. The van der Waals surface area contributed by atoms with Crippen molar-refractivity contribution in [3.05, 3.63) is 62.6 Å². The molecule has 0 radical (unpaired) electrons. The minimum Gasteiger partial charge on any atom is -0.325 e. The summed E-state index contributed by atoms with van der Waals surface area (Å²) in [4.78, 5) is 23.9. The van der Waals surface area contributed by atoms with E-state index in [0.29, 0.717) is 11.7 Å². The van der Waals surface area contributed by atoms with Crippen LogP contribution in [-0.2, 0) is 11.2 Å². The summed E-state index contributed by atoms with van der Waals surface area (Å²) in [6, 6.07) is 10.4. The molecule has 10 heteroatoms. The van der Waals surface area contributed by atoms with Crippen molar-refractivity contribution in [2.45, 2.75) is 30.5 Å². The third kappa shape index (κ3) is 4.39. The average Bonchev–Trinajstić information content (AvgIpc) is 3.23. The van der Waals surface area contributed by atoms with Crippen molar-refractivity contribution in [1.82, 2.24) is 14.8 Å². The Labute approximate surface area is 169 Å². The molecule has 2 aromatic heterocycles. The number of carbonyl (C=O) groups is 1. The molecule has 144 valence electrons. The largest absolute Gasteiger partial charge is 0.325 e. The van der Waals surface area contributed by atoms with E-state index < -0.39 is 4.92 Å². The molecule has 3 aromatic rings. The lowest BCUT2D eigenvalue weighted by molar-refractivity contribution is -0.384. The van der Waals surface area contributed by atoms with E-state index in [2.05, 4.69) is 26.1 Å². The number of rotatable bonds is 8. The van der Waals surface area contributed by atoms with Gasteiger partial charge in [-0.25, -0.2) is 0 Å². The molecule has 0 saturated heterocycles.